The quantitative estimate of drug-likeness (QED) is 0.670. The Bertz CT molecular complexity index is 188. The zero-order chi connectivity index (χ0) is 9.30. The van der Waals surface area contributed by atoms with Gasteiger partial charge in [-0.2, -0.15) is 0 Å². The summed E-state index contributed by atoms with van der Waals surface area (Å²) >= 11 is 21.7. The Hall–Kier alpha value is 0.590. The molecule has 0 N–H and O–H groups in total. The summed E-state index contributed by atoms with van der Waals surface area (Å²) in [5, 5.41) is -1.35. The molecule has 1 fully saturated rings. The Morgan fingerprint density at radius 1 is 1.25 bits per heavy atom. The van der Waals surface area contributed by atoms with Crippen LogP contribution in [0.15, 0.2) is 0 Å². The van der Waals surface area contributed by atoms with E-state index >= 15 is 0 Å². The van der Waals surface area contributed by atoms with Crippen LogP contribution in [0.1, 0.15) is 0 Å². The minimum Gasteiger partial charge on any atom is -0.345 e. The number of ether oxygens (including phenoxy) is 1. The number of alkyl halides is 3. The molecule has 1 heterocycles. The Morgan fingerprint density at radius 3 is 2.17 bits per heavy atom. The van der Waals surface area contributed by atoms with E-state index in [4.69, 9.17) is 51.4 Å². The van der Waals surface area contributed by atoms with Gasteiger partial charge in [0.1, 0.15) is 17.4 Å². The largest absolute Gasteiger partial charge is 0.355 e. The van der Waals surface area contributed by atoms with E-state index in [0.29, 0.717) is 0 Å². The molecule has 1 aliphatic heterocycles. The second-order valence-electron chi connectivity index (χ2n) is 2.19. The highest BCUT2D eigenvalue weighted by atomic mass is 35.5. The van der Waals surface area contributed by atoms with Crippen molar-refractivity contribution in [3.05, 3.63) is 0 Å². The molecule has 0 saturated carbocycles. The lowest BCUT2D eigenvalue weighted by molar-refractivity contribution is -0.144. The van der Waals surface area contributed by atoms with Gasteiger partial charge in [-0.1, -0.05) is 11.6 Å². The summed E-state index contributed by atoms with van der Waals surface area (Å²) in [6.07, 6.45) is -0.992. The third-order valence-electron chi connectivity index (χ3n) is 1.43. The second kappa shape index (κ2) is 4.20. The molecule has 0 amide bonds. The van der Waals surface area contributed by atoms with E-state index in [1.807, 2.05) is 0 Å². The zero-order valence-electron chi connectivity index (χ0n) is 5.55. The first kappa shape index (κ1) is 10.7. The molecule has 70 valence electrons. The summed E-state index contributed by atoms with van der Waals surface area (Å²) in [6, 6.07) is 0. The van der Waals surface area contributed by atoms with Crippen LogP contribution in [0.2, 0.25) is 0 Å². The predicted octanol–water partition coefficient (Wildman–Crippen LogP) is 1.86. The second-order valence-corrected chi connectivity index (χ2v) is 3.79. The first-order valence-electron chi connectivity index (χ1n) is 2.98. The van der Waals surface area contributed by atoms with Gasteiger partial charge < -0.3 is 9.03 Å². The fraction of sp³-hybridized carbons (Fsp3) is 0.800. The molecule has 1 rings (SSSR count). The molecule has 1 saturated heterocycles. The molecule has 0 bridgehead atoms. The molecule has 0 aliphatic carbocycles. The van der Waals surface area contributed by atoms with Gasteiger partial charge in [0.25, 0.3) is 0 Å². The minimum atomic E-state index is -0.992. The third kappa shape index (κ3) is 1.91. The van der Waals surface area contributed by atoms with Gasteiger partial charge in [0.2, 0.25) is 0 Å². The van der Waals surface area contributed by atoms with Gasteiger partial charge in [0, 0.05) is 0 Å². The highest BCUT2D eigenvalue weighted by Gasteiger charge is 2.46. The van der Waals surface area contributed by atoms with Crippen molar-refractivity contribution in [2.75, 3.05) is 0 Å². The Balaban J connectivity index is 2.64. The first-order chi connectivity index (χ1) is 5.57. The van der Waals surface area contributed by atoms with Crippen LogP contribution in [0.3, 0.4) is 0 Å². The van der Waals surface area contributed by atoms with Crippen LogP contribution in [0, 0.1) is 0 Å². The predicted molar refractivity (Wildman–Crippen MR) is 45.7 cm³/mol. The van der Waals surface area contributed by atoms with Gasteiger partial charge in [0.15, 0.2) is 6.10 Å². The van der Waals surface area contributed by atoms with Gasteiger partial charge in [0.05, 0.1) is 10.8 Å². The molecule has 0 spiro atoms. The molecule has 7 heteroatoms. The molecule has 1 aliphatic rings. The fourth-order valence-corrected chi connectivity index (χ4v) is 1.75. The molecule has 12 heavy (non-hydrogen) atoms. The average Bonchev–Trinajstić information content (AvgIpc) is 2.32. The number of rotatable bonds is 1. The van der Waals surface area contributed by atoms with Crippen LogP contribution < -0.4 is 0 Å². The molecular weight excluding hydrogens is 250 g/mol. The first-order valence-corrected chi connectivity index (χ1v) is 4.60. The SMILES string of the molecule is O=C(OCl)C1OC(Cl)C(Cl)C1Cl. The summed E-state index contributed by atoms with van der Waals surface area (Å²) in [6.45, 7) is 0. The Morgan fingerprint density at radius 2 is 1.83 bits per heavy atom. The van der Waals surface area contributed by atoms with Crippen LogP contribution in [0.5, 0.6) is 0 Å². The van der Waals surface area contributed by atoms with Crippen molar-refractivity contribution in [1.29, 1.82) is 0 Å². The lowest BCUT2D eigenvalue weighted by Crippen LogP contribution is -2.29. The molecular formula is C5H4Cl4O3. The van der Waals surface area contributed by atoms with E-state index in [1.54, 1.807) is 0 Å². The molecule has 0 aromatic heterocycles. The number of hydrogen-bond donors (Lipinski definition) is 0. The van der Waals surface area contributed by atoms with E-state index < -0.39 is 28.4 Å². The number of carbonyl (C=O) groups excluding carboxylic acids is 1. The van der Waals surface area contributed by atoms with Gasteiger partial charge in [-0.15, -0.1) is 23.2 Å². The summed E-state index contributed by atoms with van der Waals surface area (Å²) in [4.78, 5) is 10.8. The van der Waals surface area contributed by atoms with Crippen LogP contribution in [-0.4, -0.2) is 28.4 Å². The monoisotopic (exact) mass is 252 g/mol. The summed E-state index contributed by atoms with van der Waals surface area (Å²) in [7, 11) is 0. The molecule has 4 atom stereocenters. The van der Waals surface area contributed by atoms with Crippen LogP contribution in [0.4, 0.5) is 0 Å². The molecule has 0 aromatic rings. The van der Waals surface area contributed by atoms with Crippen molar-refractivity contribution in [3.63, 3.8) is 0 Å². The molecule has 0 aromatic carbocycles. The number of hydrogen-bond acceptors (Lipinski definition) is 3. The van der Waals surface area contributed by atoms with Crippen molar-refractivity contribution in [3.8, 4) is 0 Å². The van der Waals surface area contributed by atoms with E-state index in [1.165, 1.54) is 0 Å². The Kier molecular flexibility index (Phi) is 3.74. The van der Waals surface area contributed by atoms with E-state index in [2.05, 4.69) is 4.29 Å². The van der Waals surface area contributed by atoms with E-state index in [-0.39, 0.29) is 0 Å². The molecule has 4 unspecified atom stereocenters. The van der Waals surface area contributed by atoms with Crippen molar-refractivity contribution in [1.82, 2.24) is 0 Å². The molecule has 3 nitrogen and oxygen atoms in total. The van der Waals surface area contributed by atoms with Crippen molar-refractivity contribution in [2.24, 2.45) is 0 Å². The normalized spacial score (nSPS) is 41.3. The third-order valence-corrected chi connectivity index (χ3v) is 3.21. The summed E-state index contributed by atoms with van der Waals surface area (Å²) < 4.78 is 8.79. The lowest BCUT2D eigenvalue weighted by Gasteiger charge is -2.08. The summed E-state index contributed by atoms with van der Waals surface area (Å²) in [5.41, 5.74) is -0.796. The fourth-order valence-electron chi connectivity index (χ4n) is 0.831. The Labute approximate surface area is 89.0 Å². The van der Waals surface area contributed by atoms with E-state index in [0.717, 1.165) is 0 Å². The van der Waals surface area contributed by atoms with Crippen molar-refractivity contribution in [2.45, 2.75) is 22.4 Å². The van der Waals surface area contributed by atoms with Gasteiger partial charge in [-0.25, -0.2) is 4.79 Å². The standard InChI is InChI=1S/C5H4Cl4O3/c6-1-2(7)4(8)11-3(1)5(10)12-9/h1-4H. The lowest BCUT2D eigenvalue weighted by atomic mass is 10.2. The van der Waals surface area contributed by atoms with Crippen molar-refractivity contribution < 1.29 is 13.8 Å². The maximum absolute atomic E-state index is 10.8. The van der Waals surface area contributed by atoms with Crippen LogP contribution >= 0.6 is 46.7 Å². The highest BCUT2D eigenvalue weighted by Crippen LogP contribution is 2.32. The molecule has 0 radical (unpaired) electrons. The van der Waals surface area contributed by atoms with Crippen LogP contribution in [0.25, 0.3) is 0 Å². The minimum absolute atomic E-state index is 0.630. The zero-order valence-corrected chi connectivity index (χ0v) is 8.57. The maximum atomic E-state index is 10.8. The number of carbonyl (C=O) groups is 1. The van der Waals surface area contributed by atoms with Crippen molar-refractivity contribution >= 4 is 52.6 Å². The average molecular weight is 254 g/mol. The van der Waals surface area contributed by atoms with Gasteiger partial charge in [-0.3, -0.25) is 0 Å². The maximum Gasteiger partial charge on any atom is 0.355 e. The smallest absolute Gasteiger partial charge is 0.345 e. The topological polar surface area (TPSA) is 35.5 Å². The van der Waals surface area contributed by atoms with Gasteiger partial charge >= 0.3 is 5.97 Å². The highest BCUT2D eigenvalue weighted by molar-refractivity contribution is 6.36. The number of halogens is 4. The van der Waals surface area contributed by atoms with Crippen LogP contribution in [-0.2, 0) is 13.8 Å². The van der Waals surface area contributed by atoms with Gasteiger partial charge in [-0.05, 0) is 0 Å². The van der Waals surface area contributed by atoms with E-state index in [9.17, 15) is 4.79 Å². The summed E-state index contributed by atoms with van der Waals surface area (Å²) in [5.74, 6) is -0.787.